The van der Waals surface area contributed by atoms with Crippen LogP contribution in [0.15, 0.2) is 49.2 Å². The zero-order valence-corrected chi connectivity index (χ0v) is 18.7. The molecule has 2 rings (SSSR count). The molecular formula is C25H35BF3N. The second-order valence-corrected chi connectivity index (χ2v) is 9.56. The minimum Gasteiger partial charge on any atom is -0.393 e. The van der Waals surface area contributed by atoms with Crippen molar-refractivity contribution in [2.75, 3.05) is 0 Å². The lowest BCUT2D eigenvalue weighted by atomic mass is 9.57. The summed E-state index contributed by atoms with van der Waals surface area (Å²) in [6.45, 7) is 18.9. The van der Waals surface area contributed by atoms with Crippen LogP contribution in [0.1, 0.15) is 69.6 Å². The summed E-state index contributed by atoms with van der Waals surface area (Å²) in [5.74, 6) is 0.136. The summed E-state index contributed by atoms with van der Waals surface area (Å²) < 4.78 is 37.3. The molecule has 1 aliphatic rings. The zero-order valence-electron chi connectivity index (χ0n) is 18.7. The molecule has 0 radical (unpaired) electrons. The minimum absolute atomic E-state index is 0.0659. The molecule has 30 heavy (non-hydrogen) atoms. The molecule has 1 heterocycles. The summed E-state index contributed by atoms with van der Waals surface area (Å²) in [6.07, 6.45) is -0.325. The largest absolute Gasteiger partial charge is 0.393 e. The van der Waals surface area contributed by atoms with Crippen molar-refractivity contribution in [1.29, 1.82) is 0 Å². The van der Waals surface area contributed by atoms with E-state index in [9.17, 15) is 13.2 Å². The van der Waals surface area contributed by atoms with Gasteiger partial charge in [-0.15, -0.1) is 0 Å². The zero-order chi connectivity index (χ0) is 22.5. The highest BCUT2D eigenvalue weighted by Crippen LogP contribution is 2.32. The highest BCUT2D eigenvalue weighted by Gasteiger charge is 2.28. The molecule has 1 unspecified atom stereocenters. The van der Waals surface area contributed by atoms with Gasteiger partial charge < -0.3 is 5.32 Å². The maximum atomic E-state index is 12.4. The lowest BCUT2D eigenvalue weighted by Crippen LogP contribution is -2.40. The predicted molar refractivity (Wildman–Crippen MR) is 124 cm³/mol. The molecule has 164 valence electrons. The van der Waals surface area contributed by atoms with Crippen LogP contribution in [-0.4, -0.2) is 19.4 Å². The van der Waals surface area contributed by atoms with Gasteiger partial charge >= 0.3 is 6.18 Å². The van der Waals surface area contributed by atoms with Crippen LogP contribution in [0, 0.1) is 5.41 Å². The van der Waals surface area contributed by atoms with Gasteiger partial charge in [-0.1, -0.05) is 64.3 Å². The fourth-order valence-electron chi connectivity index (χ4n) is 3.94. The maximum absolute atomic E-state index is 12.4. The molecule has 0 spiro atoms. The molecular weight excluding hydrogens is 382 g/mol. The smallest absolute Gasteiger partial charge is 0.389 e. The van der Waals surface area contributed by atoms with E-state index >= 15 is 0 Å². The van der Waals surface area contributed by atoms with Gasteiger partial charge in [0.2, 0.25) is 0 Å². The van der Waals surface area contributed by atoms with Gasteiger partial charge in [-0.25, -0.2) is 0 Å². The van der Waals surface area contributed by atoms with Gasteiger partial charge in [0.25, 0.3) is 0 Å². The molecule has 0 bridgehead atoms. The number of hydrogen-bond donors (Lipinski definition) is 1. The standard InChI is InChI=1S/C25H35BF3N/c1-17(9-7-10-18(2)24(4,5)6)21-12-8-11-20-15-23(26-16-22(20)21)30-19(3)13-14-25(27,28)29/h8,11-12,23,26,30H,1-3,7,9-10,13-16H2,4-6H3. The Morgan fingerprint density at radius 1 is 1.10 bits per heavy atom. The van der Waals surface area contributed by atoms with Crippen LogP contribution in [0.5, 0.6) is 0 Å². The number of allylic oxidation sites excluding steroid dienone is 3. The third kappa shape index (κ3) is 7.41. The average Bonchev–Trinajstić information content (AvgIpc) is 2.64. The average molecular weight is 417 g/mol. The molecule has 0 aliphatic carbocycles. The van der Waals surface area contributed by atoms with Crippen molar-refractivity contribution in [2.45, 2.75) is 77.7 Å². The van der Waals surface area contributed by atoms with E-state index in [2.05, 4.69) is 64.0 Å². The van der Waals surface area contributed by atoms with Crippen LogP contribution in [-0.2, 0) is 12.7 Å². The van der Waals surface area contributed by atoms with Crippen molar-refractivity contribution < 1.29 is 13.2 Å². The summed E-state index contributed by atoms with van der Waals surface area (Å²) in [5.41, 5.74) is 6.89. The van der Waals surface area contributed by atoms with Crippen LogP contribution < -0.4 is 5.32 Å². The van der Waals surface area contributed by atoms with E-state index in [0.717, 1.165) is 44.9 Å². The van der Waals surface area contributed by atoms with Gasteiger partial charge in [-0.3, -0.25) is 0 Å². The molecule has 1 N–H and O–H groups in total. The number of hydrogen-bond acceptors (Lipinski definition) is 1. The Morgan fingerprint density at radius 3 is 2.43 bits per heavy atom. The van der Waals surface area contributed by atoms with Crippen molar-refractivity contribution in [2.24, 2.45) is 5.41 Å². The number of nitrogens with one attached hydrogen (secondary N) is 1. The monoisotopic (exact) mass is 417 g/mol. The van der Waals surface area contributed by atoms with E-state index in [1.54, 1.807) is 0 Å². The Balaban J connectivity index is 1.93. The third-order valence-corrected chi connectivity index (χ3v) is 6.00. The van der Waals surface area contributed by atoms with E-state index in [1.165, 1.54) is 22.3 Å². The Labute approximate surface area is 180 Å². The van der Waals surface area contributed by atoms with Crippen molar-refractivity contribution in [3.05, 3.63) is 65.9 Å². The molecule has 0 saturated heterocycles. The number of alkyl halides is 3. The molecule has 0 fully saturated rings. The Hall–Kier alpha value is -1.91. The summed E-state index contributed by atoms with van der Waals surface area (Å²) in [7, 11) is 0.892. The first kappa shape index (κ1) is 24.4. The first-order valence-electron chi connectivity index (χ1n) is 10.8. The minimum atomic E-state index is -4.14. The quantitative estimate of drug-likeness (QED) is 0.347. The maximum Gasteiger partial charge on any atom is 0.389 e. The van der Waals surface area contributed by atoms with Gasteiger partial charge in [-0.2, -0.15) is 13.2 Å². The van der Waals surface area contributed by atoms with Gasteiger partial charge in [0, 0.05) is 18.1 Å². The number of benzene rings is 1. The van der Waals surface area contributed by atoms with Crippen molar-refractivity contribution >= 4 is 12.9 Å². The first-order valence-corrected chi connectivity index (χ1v) is 10.8. The highest BCUT2D eigenvalue weighted by molar-refractivity contribution is 6.38. The van der Waals surface area contributed by atoms with Gasteiger partial charge in [0.05, 0.1) is 0 Å². The SMILES string of the molecule is C=C(CCC(F)(F)F)NC1BCc2c(cccc2C(=C)CCCC(=C)C(C)(C)C)C1. The van der Waals surface area contributed by atoms with E-state index in [1.807, 2.05) is 0 Å². The van der Waals surface area contributed by atoms with Crippen molar-refractivity contribution in [3.8, 4) is 0 Å². The fourth-order valence-corrected chi connectivity index (χ4v) is 3.94. The summed E-state index contributed by atoms with van der Waals surface area (Å²) >= 11 is 0. The van der Waals surface area contributed by atoms with E-state index in [4.69, 9.17) is 0 Å². The van der Waals surface area contributed by atoms with Crippen molar-refractivity contribution in [1.82, 2.24) is 5.32 Å². The fraction of sp³-hybridized carbons (Fsp3) is 0.520. The molecule has 1 atom stereocenters. The molecule has 0 saturated carbocycles. The van der Waals surface area contributed by atoms with Gasteiger partial charge in [0.15, 0.2) is 7.28 Å². The van der Waals surface area contributed by atoms with Gasteiger partial charge in [0.1, 0.15) is 0 Å². The second kappa shape index (κ2) is 9.93. The van der Waals surface area contributed by atoms with E-state index < -0.39 is 12.6 Å². The summed E-state index contributed by atoms with van der Waals surface area (Å²) in [4.78, 5) is 0. The van der Waals surface area contributed by atoms with E-state index in [0.29, 0.717) is 5.70 Å². The Kier molecular flexibility index (Phi) is 8.07. The Bertz CT molecular complexity index is 787. The molecule has 1 aromatic carbocycles. The molecule has 0 amide bonds. The predicted octanol–water partition coefficient (Wildman–Crippen LogP) is 6.74. The second-order valence-electron chi connectivity index (χ2n) is 9.56. The third-order valence-electron chi connectivity index (χ3n) is 6.00. The summed E-state index contributed by atoms with van der Waals surface area (Å²) in [5, 5.41) is 3.22. The number of fused-ring (bicyclic) bond motifs is 1. The lowest BCUT2D eigenvalue weighted by Gasteiger charge is -2.28. The molecule has 1 aliphatic heterocycles. The molecule has 1 aromatic rings. The Morgan fingerprint density at radius 2 is 1.80 bits per heavy atom. The van der Waals surface area contributed by atoms with Crippen molar-refractivity contribution in [3.63, 3.8) is 0 Å². The van der Waals surface area contributed by atoms with Crippen LogP contribution in [0.2, 0.25) is 0 Å². The topological polar surface area (TPSA) is 12.0 Å². The number of rotatable bonds is 9. The normalized spacial score (nSPS) is 16.4. The van der Waals surface area contributed by atoms with Crippen LogP contribution in [0.4, 0.5) is 13.2 Å². The molecule has 0 aromatic heterocycles. The molecule has 5 heteroatoms. The highest BCUT2D eigenvalue weighted by atomic mass is 19.4. The lowest BCUT2D eigenvalue weighted by molar-refractivity contribution is -0.134. The van der Waals surface area contributed by atoms with Crippen LogP contribution in [0.3, 0.4) is 0 Å². The number of halogens is 3. The first-order chi connectivity index (χ1) is 13.9. The van der Waals surface area contributed by atoms with Gasteiger partial charge in [-0.05, 0) is 66.1 Å². The van der Waals surface area contributed by atoms with Crippen LogP contribution in [0.25, 0.3) is 5.57 Å². The summed E-state index contributed by atoms with van der Waals surface area (Å²) in [6, 6.07) is 6.34. The van der Waals surface area contributed by atoms with Crippen LogP contribution >= 0.6 is 0 Å². The van der Waals surface area contributed by atoms with E-state index in [-0.39, 0.29) is 17.8 Å². The molecule has 1 nitrogen and oxygen atoms in total.